The van der Waals surface area contributed by atoms with E-state index in [0.717, 1.165) is 70.6 Å². The average molecular weight is 411 g/mol. The van der Waals surface area contributed by atoms with Gasteiger partial charge in [0.05, 0.1) is 0 Å². The Bertz CT molecular complexity index is 547. The molecule has 1 aliphatic rings. The van der Waals surface area contributed by atoms with Gasteiger partial charge in [0.25, 0.3) is 0 Å². The van der Waals surface area contributed by atoms with Crippen LogP contribution >= 0.6 is 0 Å². The van der Waals surface area contributed by atoms with Crippen LogP contribution in [0.5, 0.6) is 0 Å². The largest absolute Gasteiger partial charge is 0.481 e. The molecule has 0 spiro atoms. The molecule has 0 heterocycles. The van der Waals surface area contributed by atoms with Crippen LogP contribution in [-0.2, 0) is 9.53 Å². The lowest BCUT2D eigenvalue weighted by atomic mass is 9.90. The molecule has 1 N–H and O–H groups in total. The van der Waals surface area contributed by atoms with Crippen LogP contribution < -0.4 is 0 Å². The highest BCUT2D eigenvalue weighted by Gasteiger charge is 2.31. The Kier molecular flexibility index (Phi) is 11.5. The van der Waals surface area contributed by atoms with Crippen LogP contribution in [0.4, 0.5) is 4.79 Å². The molecular weight excluding hydrogens is 372 g/mol. The Balaban J connectivity index is 2.40. The standard InChI is InChI=1S/C21H38N4O4/c1-21(2,3)29-20(28)25(18-14-12-17(13-15-18)23-24-22)16-10-8-6-4-5-7-9-11-19(26)27/h17-18H,4-16H2,1-3H3,(H,26,27)/t17-,18+. The van der Waals surface area contributed by atoms with Crippen LogP contribution in [0.15, 0.2) is 5.11 Å². The zero-order valence-corrected chi connectivity index (χ0v) is 18.3. The van der Waals surface area contributed by atoms with E-state index in [1.807, 2.05) is 25.7 Å². The molecule has 166 valence electrons. The molecule has 0 aromatic heterocycles. The lowest BCUT2D eigenvalue weighted by Gasteiger charge is -2.37. The molecule has 0 aromatic rings. The summed E-state index contributed by atoms with van der Waals surface area (Å²) in [6.45, 7) is 6.33. The Labute approximate surface area is 174 Å². The van der Waals surface area contributed by atoms with Gasteiger partial charge in [-0.15, -0.1) is 0 Å². The van der Waals surface area contributed by atoms with Crippen molar-refractivity contribution in [2.45, 2.75) is 116 Å². The number of unbranched alkanes of at least 4 members (excludes halogenated alkanes) is 6. The third-order valence-electron chi connectivity index (χ3n) is 5.24. The number of carboxylic acid groups (broad SMARTS) is 1. The fourth-order valence-corrected chi connectivity index (χ4v) is 3.74. The molecule has 1 amide bonds. The molecule has 0 radical (unpaired) electrons. The van der Waals surface area contributed by atoms with E-state index in [-0.39, 0.29) is 24.6 Å². The number of carbonyl (C=O) groups is 2. The molecule has 1 aliphatic carbocycles. The number of azide groups is 1. The summed E-state index contributed by atoms with van der Waals surface area (Å²) < 4.78 is 5.63. The number of aliphatic carboxylic acids is 1. The summed E-state index contributed by atoms with van der Waals surface area (Å²) in [6.07, 6.45) is 10.3. The highest BCUT2D eigenvalue weighted by atomic mass is 16.6. The van der Waals surface area contributed by atoms with Crippen molar-refractivity contribution in [3.8, 4) is 0 Å². The van der Waals surface area contributed by atoms with Gasteiger partial charge in [0, 0.05) is 30.0 Å². The second kappa shape index (κ2) is 13.3. The van der Waals surface area contributed by atoms with Gasteiger partial charge < -0.3 is 14.7 Å². The van der Waals surface area contributed by atoms with Gasteiger partial charge in [-0.25, -0.2) is 4.79 Å². The first-order valence-electron chi connectivity index (χ1n) is 11.0. The quantitative estimate of drug-likeness (QED) is 0.182. The summed E-state index contributed by atoms with van der Waals surface area (Å²) in [7, 11) is 0. The maximum Gasteiger partial charge on any atom is 0.410 e. The minimum absolute atomic E-state index is 0.0397. The number of carboxylic acids is 1. The van der Waals surface area contributed by atoms with E-state index in [1.54, 1.807) is 0 Å². The molecule has 0 aromatic carbocycles. The van der Waals surface area contributed by atoms with Crippen LogP contribution in [0.1, 0.15) is 97.8 Å². The Morgan fingerprint density at radius 2 is 1.59 bits per heavy atom. The minimum atomic E-state index is -0.722. The SMILES string of the molecule is CC(C)(C)OC(=O)N(CCCCCCCCCC(=O)O)[C@H]1CC[C@@H](N=[N+]=[N-])CC1. The van der Waals surface area contributed by atoms with Crippen molar-refractivity contribution in [1.82, 2.24) is 4.90 Å². The third kappa shape index (κ3) is 11.6. The predicted octanol–water partition coefficient (Wildman–Crippen LogP) is 6.05. The number of nitrogens with zero attached hydrogens (tertiary/aromatic N) is 4. The van der Waals surface area contributed by atoms with Crippen molar-refractivity contribution in [1.29, 1.82) is 0 Å². The third-order valence-corrected chi connectivity index (χ3v) is 5.24. The van der Waals surface area contributed by atoms with Crippen LogP contribution in [0.2, 0.25) is 0 Å². The van der Waals surface area contributed by atoms with Gasteiger partial charge in [0.15, 0.2) is 0 Å². The Morgan fingerprint density at radius 1 is 1.03 bits per heavy atom. The van der Waals surface area contributed by atoms with Gasteiger partial charge in [-0.2, -0.15) is 0 Å². The number of amides is 1. The van der Waals surface area contributed by atoms with Gasteiger partial charge in [0.2, 0.25) is 0 Å². The summed E-state index contributed by atoms with van der Waals surface area (Å²) in [5.74, 6) is -0.722. The van der Waals surface area contributed by atoms with Crippen LogP contribution in [-0.4, -0.2) is 46.3 Å². The van der Waals surface area contributed by atoms with Crippen LogP contribution in [0.3, 0.4) is 0 Å². The summed E-state index contributed by atoms with van der Waals surface area (Å²) in [5, 5.41) is 12.5. The average Bonchev–Trinajstić information content (AvgIpc) is 2.63. The first-order valence-corrected chi connectivity index (χ1v) is 11.0. The molecule has 8 nitrogen and oxygen atoms in total. The molecule has 1 saturated carbocycles. The maximum atomic E-state index is 12.7. The van der Waals surface area contributed by atoms with Crippen molar-refractivity contribution < 1.29 is 19.4 Å². The lowest BCUT2D eigenvalue weighted by Crippen LogP contribution is -2.45. The first kappa shape index (κ1) is 25.1. The molecule has 1 rings (SSSR count). The van der Waals surface area contributed by atoms with Gasteiger partial charge >= 0.3 is 12.1 Å². The summed E-state index contributed by atoms with van der Waals surface area (Å²) in [4.78, 5) is 28.0. The Hall–Kier alpha value is -1.95. The van der Waals surface area contributed by atoms with E-state index in [4.69, 9.17) is 15.4 Å². The molecule has 0 atom stereocenters. The molecule has 0 bridgehead atoms. The molecular formula is C21H38N4O4. The van der Waals surface area contributed by atoms with Crippen molar-refractivity contribution in [3.63, 3.8) is 0 Å². The van der Waals surface area contributed by atoms with Gasteiger partial charge in [-0.3, -0.25) is 4.79 Å². The highest BCUT2D eigenvalue weighted by molar-refractivity contribution is 5.68. The molecule has 29 heavy (non-hydrogen) atoms. The number of hydrogen-bond acceptors (Lipinski definition) is 4. The van der Waals surface area contributed by atoms with E-state index in [2.05, 4.69) is 10.0 Å². The molecule has 0 saturated heterocycles. The molecule has 0 unspecified atom stereocenters. The first-order chi connectivity index (χ1) is 13.7. The molecule has 1 fully saturated rings. The van der Waals surface area contributed by atoms with E-state index in [9.17, 15) is 9.59 Å². The Morgan fingerprint density at radius 3 is 2.10 bits per heavy atom. The number of hydrogen-bond donors (Lipinski definition) is 1. The van der Waals surface area contributed by atoms with Crippen molar-refractivity contribution in [3.05, 3.63) is 10.4 Å². The smallest absolute Gasteiger partial charge is 0.410 e. The topological polar surface area (TPSA) is 116 Å². The predicted molar refractivity (Wildman–Crippen MR) is 113 cm³/mol. The molecule has 0 aliphatic heterocycles. The van der Waals surface area contributed by atoms with Crippen LogP contribution in [0.25, 0.3) is 10.4 Å². The van der Waals surface area contributed by atoms with E-state index in [0.29, 0.717) is 6.54 Å². The van der Waals surface area contributed by atoms with Crippen molar-refractivity contribution in [2.24, 2.45) is 5.11 Å². The zero-order valence-electron chi connectivity index (χ0n) is 18.3. The van der Waals surface area contributed by atoms with Crippen molar-refractivity contribution >= 4 is 12.1 Å². The van der Waals surface area contributed by atoms with Crippen molar-refractivity contribution in [2.75, 3.05) is 6.54 Å². The van der Waals surface area contributed by atoms with Gasteiger partial charge in [0.1, 0.15) is 5.60 Å². The van der Waals surface area contributed by atoms with E-state index >= 15 is 0 Å². The highest BCUT2D eigenvalue weighted by Crippen LogP contribution is 2.27. The number of ether oxygens (including phenoxy) is 1. The maximum absolute atomic E-state index is 12.7. The second-order valence-electron chi connectivity index (χ2n) is 8.96. The number of carbonyl (C=O) groups excluding carboxylic acids is 1. The minimum Gasteiger partial charge on any atom is -0.481 e. The lowest BCUT2D eigenvalue weighted by molar-refractivity contribution is -0.137. The fraction of sp³-hybridized carbons (Fsp3) is 0.905. The number of rotatable bonds is 12. The van der Waals surface area contributed by atoms with E-state index < -0.39 is 11.6 Å². The molecule has 8 heteroatoms. The zero-order chi connectivity index (χ0) is 21.7. The monoisotopic (exact) mass is 410 g/mol. The van der Waals surface area contributed by atoms with E-state index in [1.165, 1.54) is 0 Å². The summed E-state index contributed by atoms with van der Waals surface area (Å²) >= 11 is 0. The summed E-state index contributed by atoms with van der Waals surface area (Å²) in [5.41, 5.74) is 8.10. The second-order valence-corrected chi connectivity index (χ2v) is 8.96. The summed E-state index contributed by atoms with van der Waals surface area (Å²) in [6, 6.07) is 0.184. The van der Waals surface area contributed by atoms with Crippen LogP contribution in [0, 0.1) is 0 Å². The normalized spacial score (nSPS) is 19.3. The fourth-order valence-electron chi connectivity index (χ4n) is 3.74. The van der Waals surface area contributed by atoms with Gasteiger partial charge in [-0.1, -0.05) is 37.2 Å². The van der Waals surface area contributed by atoms with Gasteiger partial charge in [-0.05, 0) is 64.8 Å².